The minimum atomic E-state index is -0.628. The highest BCUT2D eigenvalue weighted by molar-refractivity contribution is 5.31. The first kappa shape index (κ1) is 19.4. The van der Waals surface area contributed by atoms with E-state index in [0.29, 0.717) is 26.2 Å². The highest BCUT2D eigenvalue weighted by Gasteiger charge is 2.14. The van der Waals surface area contributed by atoms with E-state index in [-0.39, 0.29) is 12.4 Å². The fourth-order valence-corrected chi connectivity index (χ4v) is 2.56. The van der Waals surface area contributed by atoms with Crippen LogP contribution in [0.15, 0.2) is 48.5 Å². The highest BCUT2D eigenvalue weighted by Crippen LogP contribution is 2.16. The molecule has 0 saturated carbocycles. The van der Waals surface area contributed by atoms with E-state index in [9.17, 15) is 9.50 Å². The molecule has 5 heteroatoms. The van der Waals surface area contributed by atoms with Crippen LogP contribution in [0.5, 0.6) is 5.75 Å². The van der Waals surface area contributed by atoms with Crippen LogP contribution in [0.4, 0.5) is 4.39 Å². The second-order valence-corrected chi connectivity index (χ2v) is 6.08. The normalized spacial score (nSPS) is 12.4. The Kier molecular flexibility index (Phi) is 7.85. The van der Waals surface area contributed by atoms with Crippen LogP contribution in [0.3, 0.4) is 0 Å². The molecule has 0 radical (unpaired) electrons. The number of hydrogen-bond donors (Lipinski definition) is 1. The molecule has 0 aromatic heterocycles. The lowest BCUT2D eigenvalue weighted by Crippen LogP contribution is -2.37. The van der Waals surface area contributed by atoms with Gasteiger partial charge in [0, 0.05) is 26.7 Å². The summed E-state index contributed by atoms with van der Waals surface area (Å²) in [6.07, 6.45) is -0.628. The molecule has 2 rings (SSSR count). The Labute approximate surface area is 148 Å². The van der Waals surface area contributed by atoms with Gasteiger partial charge in [0.2, 0.25) is 0 Å². The third-order valence-electron chi connectivity index (χ3n) is 3.92. The first-order chi connectivity index (χ1) is 12.1. The van der Waals surface area contributed by atoms with Gasteiger partial charge in [0.05, 0.1) is 6.61 Å². The lowest BCUT2D eigenvalue weighted by atomic mass is 10.2. The Morgan fingerprint density at radius 1 is 1.12 bits per heavy atom. The molecular weight excluding hydrogens is 321 g/mol. The zero-order chi connectivity index (χ0) is 18.1. The average Bonchev–Trinajstić information content (AvgIpc) is 2.61. The molecule has 0 spiro atoms. The summed E-state index contributed by atoms with van der Waals surface area (Å²) in [5.41, 5.74) is 2.03. The van der Waals surface area contributed by atoms with Gasteiger partial charge in [-0.05, 0) is 36.2 Å². The molecule has 136 valence electrons. The molecule has 0 aliphatic rings. The number of hydrogen-bond acceptors (Lipinski definition) is 4. The number of aliphatic hydroxyl groups excluding tert-OH is 1. The van der Waals surface area contributed by atoms with E-state index in [1.165, 1.54) is 12.1 Å². The number of benzene rings is 2. The van der Waals surface area contributed by atoms with Crippen molar-refractivity contribution in [3.8, 4) is 5.75 Å². The summed E-state index contributed by atoms with van der Waals surface area (Å²) < 4.78 is 23.9. The fraction of sp³-hybridized carbons (Fsp3) is 0.400. The van der Waals surface area contributed by atoms with E-state index in [1.54, 1.807) is 19.2 Å². The Morgan fingerprint density at radius 3 is 2.52 bits per heavy atom. The standard InChI is InChI=1S/C20H26FNO3/c1-16-5-3-4-6-20(16)25-15-19(23)14-22(11-12-24-2)13-17-7-9-18(21)10-8-17/h3-10,19,23H,11-15H2,1-2H3. The molecule has 0 saturated heterocycles. The van der Waals surface area contributed by atoms with E-state index >= 15 is 0 Å². The lowest BCUT2D eigenvalue weighted by molar-refractivity contribution is 0.0540. The summed E-state index contributed by atoms with van der Waals surface area (Å²) in [6, 6.07) is 14.1. The predicted octanol–water partition coefficient (Wildman–Crippen LogP) is 3.02. The maximum absolute atomic E-state index is 13.0. The van der Waals surface area contributed by atoms with Crippen molar-refractivity contribution in [1.29, 1.82) is 0 Å². The van der Waals surface area contributed by atoms with Gasteiger partial charge in [0.15, 0.2) is 0 Å². The highest BCUT2D eigenvalue weighted by atomic mass is 19.1. The number of ether oxygens (including phenoxy) is 2. The first-order valence-corrected chi connectivity index (χ1v) is 8.40. The number of halogens is 1. The lowest BCUT2D eigenvalue weighted by Gasteiger charge is -2.25. The summed E-state index contributed by atoms with van der Waals surface area (Å²) in [7, 11) is 1.65. The van der Waals surface area contributed by atoms with E-state index in [0.717, 1.165) is 16.9 Å². The molecule has 2 aromatic carbocycles. The average molecular weight is 347 g/mol. The van der Waals surface area contributed by atoms with Crippen LogP contribution >= 0.6 is 0 Å². The zero-order valence-electron chi connectivity index (χ0n) is 14.8. The fourth-order valence-electron chi connectivity index (χ4n) is 2.56. The number of aliphatic hydroxyl groups is 1. The smallest absolute Gasteiger partial charge is 0.123 e. The van der Waals surface area contributed by atoms with Gasteiger partial charge in [-0.2, -0.15) is 0 Å². The van der Waals surface area contributed by atoms with Crippen molar-refractivity contribution < 1.29 is 19.0 Å². The summed E-state index contributed by atoms with van der Waals surface area (Å²) in [4.78, 5) is 2.07. The van der Waals surface area contributed by atoms with Crippen LogP contribution in [-0.4, -0.2) is 49.5 Å². The van der Waals surface area contributed by atoms with Crippen molar-refractivity contribution >= 4 is 0 Å². The molecule has 4 nitrogen and oxygen atoms in total. The van der Waals surface area contributed by atoms with Crippen molar-refractivity contribution in [2.75, 3.05) is 33.4 Å². The van der Waals surface area contributed by atoms with Crippen molar-refractivity contribution in [2.45, 2.75) is 19.6 Å². The SMILES string of the molecule is COCCN(Cc1ccc(F)cc1)CC(O)COc1ccccc1C. The van der Waals surface area contributed by atoms with E-state index in [4.69, 9.17) is 9.47 Å². The van der Waals surface area contributed by atoms with Crippen LogP contribution in [0.25, 0.3) is 0 Å². The van der Waals surface area contributed by atoms with Crippen molar-refractivity contribution in [3.05, 3.63) is 65.5 Å². The van der Waals surface area contributed by atoms with E-state index in [1.807, 2.05) is 31.2 Å². The van der Waals surface area contributed by atoms with Crippen molar-refractivity contribution in [3.63, 3.8) is 0 Å². The summed E-state index contributed by atoms with van der Waals surface area (Å²) >= 11 is 0. The Morgan fingerprint density at radius 2 is 1.84 bits per heavy atom. The van der Waals surface area contributed by atoms with Crippen LogP contribution in [0.1, 0.15) is 11.1 Å². The topological polar surface area (TPSA) is 41.9 Å². The van der Waals surface area contributed by atoms with Gasteiger partial charge >= 0.3 is 0 Å². The zero-order valence-corrected chi connectivity index (χ0v) is 14.8. The predicted molar refractivity (Wildman–Crippen MR) is 96.2 cm³/mol. The van der Waals surface area contributed by atoms with Crippen LogP contribution < -0.4 is 4.74 Å². The van der Waals surface area contributed by atoms with E-state index < -0.39 is 6.10 Å². The van der Waals surface area contributed by atoms with Gasteiger partial charge in [-0.1, -0.05) is 30.3 Å². The number of nitrogens with zero attached hydrogens (tertiary/aromatic N) is 1. The third-order valence-corrected chi connectivity index (χ3v) is 3.92. The molecular formula is C20H26FNO3. The first-order valence-electron chi connectivity index (χ1n) is 8.40. The van der Waals surface area contributed by atoms with E-state index in [2.05, 4.69) is 4.90 Å². The van der Waals surface area contributed by atoms with Crippen molar-refractivity contribution in [2.24, 2.45) is 0 Å². The summed E-state index contributed by atoms with van der Waals surface area (Å²) in [5, 5.41) is 10.3. The molecule has 1 unspecified atom stereocenters. The van der Waals surface area contributed by atoms with Crippen LogP contribution in [0.2, 0.25) is 0 Å². The number of para-hydroxylation sites is 1. The molecule has 0 heterocycles. The summed E-state index contributed by atoms with van der Waals surface area (Å²) in [6.45, 7) is 4.50. The van der Waals surface area contributed by atoms with Gasteiger partial charge < -0.3 is 14.6 Å². The Hall–Kier alpha value is -1.95. The molecule has 1 atom stereocenters. The molecule has 0 aliphatic carbocycles. The quantitative estimate of drug-likeness (QED) is 0.717. The molecule has 0 bridgehead atoms. The van der Waals surface area contributed by atoms with Gasteiger partial charge in [-0.3, -0.25) is 4.90 Å². The number of aryl methyl sites for hydroxylation is 1. The number of methoxy groups -OCH3 is 1. The molecule has 0 amide bonds. The molecule has 25 heavy (non-hydrogen) atoms. The van der Waals surface area contributed by atoms with Gasteiger partial charge in [0.1, 0.15) is 24.3 Å². The van der Waals surface area contributed by atoms with Crippen LogP contribution in [-0.2, 0) is 11.3 Å². The molecule has 1 N–H and O–H groups in total. The maximum atomic E-state index is 13.0. The minimum Gasteiger partial charge on any atom is -0.491 e. The van der Waals surface area contributed by atoms with Gasteiger partial charge in [-0.15, -0.1) is 0 Å². The molecule has 0 aliphatic heterocycles. The molecule has 0 fully saturated rings. The molecule has 2 aromatic rings. The third kappa shape index (κ3) is 6.82. The van der Waals surface area contributed by atoms with Gasteiger partial charge in [-0.25, -0.2) is 4.39 Å². The second kappa shape index (κ2) is 10.1. The Bertz CT molecular complexity index is 633. The number of rotatable bonds is 10. The maximum Gasteiger partial charge on any atom is 0.123 e. The van der Waals surface area contributed by atoms with Crippen molar-refractivity contribution in [1.82, 2.24) is 4.90 Å². The summed E-state index contributed by atoms with van der Waals surface area (Å²) in [5.74, 6) is 0.530. The van der Waals surface area contributed by atoms with Gasteiger partial charge in [0.25, 0.3) is 0 Å². The minimum absolute atomic E-state index is 0.220. The second-order valence-electron chi connectivity index (χ2n) is 6.08. The van der Waals surface area contributed by atoms with Crippen LogP contribution in [0, 0.1) is 12.7 Å². The monoisotopic (exact) mass is 347 g/mol. The Balaban J connectivity index is 1.88. The largest absolute Gasteiger partial charge is 0.491 e.